The molecule has 0 N–H and O–H groups in total. The number of nitrogens with zero attached hydrogens (tertiary/aromatic N) is 1. The van der Waals surface area contributed by atoms with Gasteiger partial charge >= 0.3 is 0 Å². The van der Waals surface area contributed by atoms with Gasteiger partial charge in [0.1, 0.15) is 0 Å². The van der Waals surface area contributed by atoms with Crippen LogP contribution in [0.15, 0.2) is 0 Å². The quantitative estimate of drug-likeness (QED) is 0.626. The molecule has 2 heteroatoms. The lowest BCUT2D eigenvalue weighted by Gasteiger charge is -2.52. The average Bonchev–Trinajstić information content (AvgIpc) is 1.74. The summed E-state index contributed by atoms with van der Waals surface area (Å²) < 4.78 is 5.34. The Bertz CT molecular complexity index is 154. The first-order valence-electron chi connectivity index (χ1n) is 4.60. The molecule has 0 radical (unpaired) electrons. The molecule has 2 nitrogen and oxygen atoms in total. The van der Waals surface area contributed by atoms with Crippen LogP contribution < -0.4 is 0 Å². The van der Waals surface area contributed by atoms with Crippen molar-refractivity contribution in [1.29, 1.82) is 0 Å². The van der Waals surface area contributed by atoms with E-state index in [1.54, 1.807) is 0 Å². The lowest BCUT2D eigenvalue weighted by atomic mass is 9.65. The number of hydrogen-bond donors (Lipinski definition) is 0. The molecule has 0 spiro atoms. The summed E-state index contributed by atoms with van der Waals surface area (Å²) in [4.78, 5) is 2.26. The summed E-state index contributed by atoms with van der Waals surface area (Å²) in [5.74, 6) is 0. The van der Waals surface area contributed by atoms with Gasteiger partial charge in [-0.3, -0.25) is 0 Å². The average molecular weight is 171 g/mol. The third kappa shape index (κ3) is 1.64. The molecular weight excluding hydrogens is 150 g/mol. The van der Waals surface area contributed by atoms with Crippen LogP contribution in [0.25, 0.3) is 0 Å². The van der Waals surface area contributed by atoms with Crippen LogP contribution in [0.3, 0.4) is 0 Å². The topological polar surface area (TPSA) is 12.5 Å². The number of rotatable bonds is 2. The molecule has 0 amide bonds. The predicted molar refractivity (Wildman–Crippen MR) is 51.3 cm³/mol. The Labute approximate surface area is 75.9 Å². The first-order chi connectivity index (χ1) is 5.37. The third-order valence-electron chi connectivity index (χ3n) is 2.97. The van der Waals surface area contributed by atoms with Crippen molar-refractivity contribution in [3.63, 3.8) is 0 Å². The SMILES string of the molecule is CN(C)CC1(C(C)(C)C)COC1. The summed E-state index contributed by atoms with van der Waals surface area (Å²) >= 11 is 0. The van der Waals surface area contributed by atoms with Crippen molar-refractivity contribution in [3.05, 3.63) is 0 Å². The van der Waals surface area contributed by atoms with Crippen LogP contribution in [0.4, 0.5) is 0 Å². The maximum Gasteiger partial charge on any atom is 0.0562 e. The Hall–Kier alpha value is -0.0800. The van der Waals surface area contributed by atoms with Gasteiger partial charge in [0, 0.05) is 12.0 Å². The molecule has 1 aliphatic heterocycles. The van der Waals surface area contributed by atoms with E-state index in [1.165, 1.54) is 0 Å². The van der Waals surface area contributed by atoms with Crippen LogP contribution >= 0.6 is 0 Å². The van der Waals surface area contributed by atoms with Crippen LogP contribution in [0.2, 0.25) is 0 Å². The van der Waals surface area contributed by atoms with Gasteiger partial charge in [-0.15, -0.1) is 0 Å². The van der Waals surface area contributed by atoms with Gasteiger partial charge in [-0.25, -0.2) is 0 Å². The minimum Gasteiger partial charge on any atom is -0.380 e. The van der Waals surface area contributed by atoms with E-state index in [1.807, 2.05) is 0 Å². The highest BCUT2D eigenvalue weighted by molar-refractivity contribution is 4.96. The van der Waals surface area contributed by atoms with Gasteiger partial charge in [0.25, 0.3) is 0 Å². The van der Waals surface area contributed by atoms with Crippen LogP contribution in [0.5, 0.6) is 0 Å². The van der Waals surface area contributed by atoms with E-state index in [0.717, 1.165) is 19.8 Å². The highest BCUT2D eigenvalue weighted by Gasteiger charge is 2.48. The first kappa shape index (κ1) is 10.0. The van der Waals surface area contributed by atoms with E-state index < -0.39 is 0 Å². The van der Waals surface area contributed by atoms with Gasteiger partial charge in [-0.2, -0.15) is 0 Å². The van der Waals surface area contributed by atoms with E-state index in [2.05, 4.69) is 39.8 Å². The molecule has 0 aromatic rings. The molecular formula is C10H21NO. The zero-order valence-corrected chi connectivity index (χ0v) is 8.98. The second-order valence-electron chi connectivity index (χ2n) is 5.26. The van der Waals surface area contributed by atoms with Gasteiger partial charge in [0.05, 0.1) is 13.2 Å². The lowest BCUT2D eigenvalue weighted by Crippen LogP contribution is -2.57. The fourth-order valence-corrected chi connectivity index (χ4v) is 1.72. The maximum absolute atomic E-state index is 5.34. The van der Waals surface area contributed by atoms with E-state index in [9.17, 15) is 0 Å². The third-order valence-corrected chi connectivity index (χ3v) is 2.97. The van der Waals surface area contributed by atoms with Crippen molar-refractivity contribution in [1.82, 2.24) is 4.90 Å². The zero-order valence-electron chi connectivity index (χ0n) is 8.98. The van der Waals surface area contributed by atoms with E-state index >= 15 is 0 Å². The molecule has 0 bridgehead atoms. The zero-order chi connectivity index (χ0) is 9.41. The molecule has 0 aromatic heterocycles. The van der Waals surface area contributed by atoms with Crippen molar-refractivity contribution < 1.29 is 4.74 Å². The molecule has 0 aliphatic carbocycles. The molecule has 1 fully saturated rings. The van der Waals surface area contributed by atoms with Crippen molar-refractivity contribution in [2.45, 2.75) is 20.8 Å². The molecule has 1 rings (SSSR count). The summed E-state index contributed by atoms with van der Waals surface area (Å²) in [6.07, 6.45) is 0. The lowest BCUT2D eigenvalue weighted by molar-refractivity contribution is -0.177. The van der Waals surface area contributed by atoms with E-state index in [0.29, 0.717) is 10.8 Å². The normalized spacial score (nSPS) is 22.5. The molecule has 1 saturated heterocycles. The van der Waals surface area contributed by atoms with Crippen molar-refractivity contribution in [2.24, 2.45) is 10.8 Å². The van der Waals surface area contributed by atoms with Gasteiger partial charge in [-0.05, 0) is 19.5 Å². The van der Waals surface area contributed by atoms with Gasteiger partial charge < -0.3 is 9.64 Å². The monoisotopic (exact) mass is 171 g/mol. The van der Waals surface area contributed by atoms with E-state index in [4.69, 9.17) is 4.74 Å². The molecule has 1 aliphatic rings. The first-order valence-corrected chi connectivity index (χ1v) is 4.60. The van der Waals surface area contributed by atoms with Gasteiger partial charge in [0.15, 0.2) is 0 Å². The second-order valence-corrected chi connectivity index (χ2v) is 5.26. The summed E-state index contributed by atoms with van der Waals surface area (Å²) in [7, 11) is 4.26. The van der Waals surface area contributed by atoms with Crippen LogP contribution in [0, 0.1) is 10.8 Å². The van der Waals surface area contributed by atoms with Crippen molar-refractivity contribution in [2.75, 3.05) is 33.9 Å². The standard InChI is InChI=1S/C10H21NO/c1-9(2,3)10(6-11(4)5)7-12-8-10/h6-8H2,1-5H3. The highest BCUT2D eigenvalue weighted by atomic mass is 16.5. The summed E-state index contributed by atoms with van der Waals surface area (Å²) in [5, 5.41) is 0. The minimum atomic E-state index is 0.357. The van der Waals surface area contributed by atoms with E-state index in [-0.39, 0.29) is 0 Å². The molecule has 1 heterocycles. The summed E-state index contributed by atoms with van der Waals surface area (Å²) in [6, 6.07) is 0. The second kappa shape index (κ2) is 3.00. The van der Waals surface area contributed by atoms with Crippen LogP contribution in [0.1, 0.15) is 20.8 Å². The molecule has 0 saturated carbocycles. The highest BCUT2D eigenvalue weighted by Crippen LogP contribution is 2.44. The molecule has 0 atom stereocenters. The van der Waals surface area contributed by atoms with Gasteiger partial charge in [0.2, 0.25) is 0 Å². The number of ether oxygens (including phenoxy) is 1. The molecule has 0 unspecified atom stereocenters. The Morgan fingerprint density at radius 2 is 1.75 bits per heavy atom. The van der Waals surface area contributed by atoms with Gasteiger partial charge in [-0.1, -0.05) is 20.8 Å². The smallest absolute Gasteiger partial charge is 0.0562 e. The summed E-state index contributed by atoms with van der Waals surface area (Å²) in [6.45, 7) is 9.90. The predicted octanol–water partition coefficient (Wildman–Crippen LogP) is 1.61. The Morgan fingerprint density at radius 3 is 1.83 bits per heavy atom. The molecule has 0 aromatic carbocycles. The summed E-state index contributed by atoms with van der Waals surface area (Å²) in [5.41, 5.74) is 0.742. The van der Waals surface area contributed by atoms with Crippen molar-refractivity contribution >= 4 is 0 Å². The fraction of sp³-hybridized carbons (Fsp3) is 1.00. The largest absolute Gasteiger partial charge is 0.380 e. The Kier molecular flexibility index (Phi) is 2.50. The maximum atomic E-state index is 5.34. The fourth-order valence-electron chi connectivity index (χ4n) is 1.72. The van der Waals surface area contributed by atoms with Crippen LogP contribution in [-0.2, 0) is 4.74 Å². The molecule has 12 heavy (non-hydrogen) atoms. The van der Waals surface area contributed by atoms with Crippen LogP contribution in [-0.4, -0.2) is 38.8 Å². The number of hydrogen-bond acceptors (Lipinski definition) is 2. The Morgan fingerprint density at radius 1 is 1.25 bits per heavy atom. The van der Waals surface area contributed by atoms with Crippen molar-refractivity contribution in [3.8, 4) is 0 Å². The molecule has 72 valence electrons. The minimum absolute atomic E-state index is 0.357. The Balaban J connectivity index is 2.63.